The second-order valence-electron chi connectivity index (χ2n) is 26.4. The summed E-state index contributed by atoms with van der Waals surface area (Å²) in [5, 5.41) is 35.5. The SMILES string of the molecule is CC[C@@H]1c2nncn2-c2cnc(Nc3ccc(C(F)(F)F)nc3)nc2N1C1CCCC1.CC[C@@H]1c2nncn2-c2cnc(Nc3ccc(N4CCCC4)cc3)nc2N1C1CCCC1.CC[C@@H]1c2nncn2-c2cnc(Nc3ccc(N4CCN(C)CC4)nc3)nc2N1C1CCCC1. The van der Waals surface area contributed by atoms with E-state index in [1.807, 2.05) is 27.7 Å². The van der Waals surface area contributed by atoms with Crippen LogP contribution in [0.15, 0.2) is 98.5 Å². The number of hydrogen-bond acceptors (Lipinski definition) is 23. The van der Waals surface area contributed by atoms with Crippen LogP contribution >= 0.6 is 0 Å². The molecule has 3 saturated carbocycles. The normalized spacial score (nSPS) is 20.1. The van der Waals surface area contributed by atoms with Gasteiger partial charge in [-0.05, 0) is 126 Å². The molecule has 0 radical (unpaired) electrons. The van der Waals surface area contributed by atoms with E-state index in [2.05, 4.69) is 165 Å². The van der Waals surface area contributed by atoms with E-state index in [1.165, 1.54) is 88.8 Å². The Hall–Kier alpha value is -9.67. The van der Waals surface area contributed by atoms with Crippen molar-refractivity contribution in [3.63, 3.8) is 0 Å². The Labute approximate surface area is 561 Å². The van der Waals surface area contributed by atoms with Crippen LogP contribution in [0, 0.1) is 0 Å². The minimum atomic E-state index is -4.48. The Morgan fingerprint density at radius 2 is 0.814 bits per heavy atom. The molecule has 3 atom stereocenters. The number of nitrogens with one attached hydrogen (secondary N) is 3. The van der Waals surface area contributed by atoms with Crippen LogP contribution in [-0.4, -0.2) is 154 Å². The Kier molecular flexibility index (Phi) is 17.9. The summed E-state index contributed by atoms with van der Waals surface area (Å²) >= 11 is 0. The fraction of sp³-hybridized carbons (Fsp3) is 0.500. The van der Waals surface area contributed by atoms with Crippen molar-refractivity contribution >= 4 is 63.9 Å². The van der Waals surface area contributed by atoms with Gasteiger partial charge in [0.2, 0.25) is 17.8 Å². The van der Waals surface area contributed by atoms with Crippen molar-refractivity contribution in [3.05, 3.63) is 122 Å². The van der Waals surface area contributed by atoms with E-state index < -0.39 is 11.9 Å². The molecule has 1 aromatic carbocycles. The predicted molar refractivity (Wildman–Crippen MR) is 365 cm³/mol. The summed E-state index contributed by atoms with van der Waals surface area (Å²) in [6, 6.07) is 16.7. The van der Waals surface area contributed by atoms with Crippen molar-refractivity contribution in [1.29, 1.82) is 0 Å². The molecule has 5 fully saturated rings. The molecule has 13 heterocycles. The van der Waals surface area contributed by atoms with Gasteiger partial charge in [0.15, 0.2) is 34.9 Å². The third kappa shape index (κ3) is 12.8. The average Bonchev–Trinajstić information content (AvgIpc) is 1.72. The summed E-state index contributed by atoms with van der Waals surface area (Å²) in [6.45, 7) is 13.0. The topological polar surface area (TPSA) is 251 Å². The van der Waals surface area contributed by atoms with Crippen molar-refractivity contribution in [2.75, 3.05) is 86.8 Å². The number of likely N-dealkylation sites (N-methyl/N-ethyl adjacent to an activating group) is 1. The summed E-state index contributed by atoms with van der Waals surface area (Å²) in [5.74, 6) is 8.12. The number of alkyl halides is 3. The van der Waals surface area contributed by atoms with Crippen molar-refractivity contribution in [1.82, 2.24) is 89.1 Å². The lowest BCUT2D eigenvalue weighted by atomic mass is 10.0. The van der Waals surface area contributed by atoms with Gasteiger partial charge in [-0.3, -0.25) is 13.7 Å². The quantitative estimate of drug-likeness (QED) is 0.0915. The van der Waals surface area contributed by atoms with Gasteiger partial charge in [0.25, 0.3) is 0 Å². The molecule has 3 aliphatic carbocycles. The smallest absolute Gasteiger partial charge is 0.372 e. The van der Waals surface area contributed by atoms with Crippen LogP contribution in [0.2, 0.25) is 0 Å². The van der Waals surface area contributed by atoms with E-state index in [4.69, 9.17) is 19.9 Å². The van der Waals surface area contributed by atoms with Crippen molar-refractivity contribution in [3.8, 4) is 17.1 Å². The molecule has 97 heavy (non-hydrogen) atoms. The first-order valence-electron chi connectivity index (χ1n) is 34.7. The summed E-state index contributed by atoms with van der Waals surface area (Å²) in [4.78, 5) is 51.1. The van der Waals surface area contributed by atoms with Crippen molar-refractivity contribution in [2.24, 2.45) is 0 Å². The first-order chi connectivity index (χ1) is 47.5. The molecule has 17 rings (SSSR count). The molecule has 29 heteroatoms. The van der Waals surface area contributed by atoms with Gasteiger partial charge >= 0.3 is 6.18 Å². The minimum absolute atomic E-state index is 0.0496. The maximum absolute atomic E-state index is 12.8. The number of aromatic nitrogens is 17. The number of rotatable bonds is 14. The standard InChI is InChI=1S/C24H32N10.C24H30N8.C20H21F3N8/c1-3-19-23-30-27-16-33(23)20-15-26-24(29-22(20)34(19)18-6-4-5-7-18)28-17-8-9-21(25-14-17)32-12-10-31(2)11-13-32;1-2-20-23-29-26-16-31(23)21-15-25-24(28-22(21)32(20)19-7-3-4-8-19)27-17-9-11-18(12-10-17)30-13-5-6-14-30;1-2-14-18-29-26-11-30(18)15-10-25-19(28-17(15)31(14)13-5-3-4-6-13)27-12-7-8-16(24-9-12)20(21,22)23/h8-9,14-16,18-19H,3-7,10-13H2,1-2H3,(H,26,28,29);9-12,15-16,19-20H,2-8,13-14H2,1H3,(H,25,27,28);7-11,13-14H,2-6H2,1H3,(H,25,27,28)/t19-;20-;14-/m111/s1. The molecule has 9 aromatic rings. The van der Waals surface area contributed by atoms with Crippen LogP contribution in [0.25, 0.3) is 17.1 Å². The fourth-order valence-corrected chi connectivity index (χ4v) is 15.5. The van der Waals surface area contributed by atoms with Gasteiger partial charge in [0.1, 0.15) is 47.6 Å². The number of pyridine rings is 2. The summed E-state index contributed by atoms with van der Waals surface area (Å²) < 4.78 is 44.3. The zero-order valence-electron chi connectivity index (χ0n) is 55.4. The van der Waals surface area contributed by atoms with E-state index in [-0.39, 0.29) is 18.1 Å². The minimum Gasteiger partial charge on any atom is -0.372 e. The number of piperazine rings is 1. The molecule has 8 aliphatic rings. The van der Waals surface area contributed by atoms with E-state index in [9.17, 15) is 13.2 Å². The number of halogens is 3. The van der Waals surface area contributed by atoms with Crippen molar-refractivity contribution < 1.29 is 13.2 Å². The Balaban J connectivity index is 0.000000119. The Morgan fingerprint density at radius 1 is 0.423 bits per heavy atom. The molecular weight excluding hydrogens is 1240 g/mol. The third-order valence-electron chi connectivity index (χ3n) is 20.4. The Morgan fingerprint density at radius 3 is 1.19 bits per heavy atom. The second kappa shape index (κ2) is 27.4. The zero-order valence-corrected chi connectivity index (χ0v) is 55.4. The summed E-state index contributed by atoms with van der Waals surface area (Å²) in [6.07, 6.45) is 29.0. The molecule has 0 spiro atoms. The van der Waals surface area contributed by atoms with Gasteiger partial charge in [-0.2, -0.15) is 28.1 Å². The zero-order chi connectivity index (χ0) is 66.2. The van der Waals surface area contributed by atoms with Crippen LogP contribution in [0.1, 0.15) is 171 Å². The monoisotopic (exact) mass is 1320 g/mol. The van der Waals surface area contributed by atoms with E-state index in [0.29, 0.717) is 41.7 Å². The predicted octanol–water partition coefficient (Wildman–Crippen LogP) is 12.2. The summed E-state index contributed by atoms with van der Waals surface area (Å²) in [5.41, 5.74) is 5.34. The molecular formula is C68H83F3N26. The van der Waals surface area contributed by atoms with Crippen LogP contribution < -0.4 is 40.4 Å². The number of benzene rings is 1. The first-order valence-corrected chi connectivity index (χ1v) is 34.7. The molecule has 506 valence electrons. The molecule has 8 aromatic heterocycles. The molecule has 0 bridgehead atoms. The lowest BCUT2D eigenvalue weighted by Crippen LogP contribution is -2.44. The highest BCUT2D eigenvalue weighted by Crippen LogP contribution is 2.47. The highest BCUT2D eigenvalue weighted by atomic mass is 19.4. The number of anilines is 11. The lowest BCUT2D eigenvalue weighted by molar-refractivity contribution is -0.141. The number of nitrogens with zero attached hydrogens (tertiary/aromatic N) is 23. The van der Waals surface area contributed by atoms with Gasteiger partial charge in [0.05, 0.1) is 60.5 Å². The van der Waals surface area contributed by atoms with Gasteiger partial charge in [0, 0.05) is 68.8 Å². The van der Waals surface area contributed by atoms with E-state index >= 15 is 0 Å². The second-order valence-corrected chi connectivity index (χ2v) is 26.4. The molecule has 2 saturated heterocycles. The van der Waals surface area contributed by atoms with E-state index in [0.717, 1.165) is 153 Å². The highest BCUT2D eigenvalue weighted by Gasteiger charge is 2.42. The molecule has 0 unspecified atom stereocenters. The largest absolute Gasteiger partial charge is 0.433 e. The molecule has 0 amide bonds. The maximum Gasteiger partial charge on any atom is 0.433 e. The van der Waals surface area contributed by atoms with Crippen LogP contribution in [-0.2, 0) is 6.18 Å². The van der Waals surface area contributed by atoms with Gasteiger partial charge in [-0.15, -0.1) is 30.6 Å². The fourth-order valence-electron chi connectivity index (χ4n) is 15.5. The van der Waals surface area contributed by atoms with Crippen LogP contribution in [0.5, 0.6) is 0 Å². The lowest BCUT2D eigenvalue weighted by Gasteiger charge is -2.40. The molecule has 26 nitrogen and oxygen atoms in total. The van der Waals surface area contributed by atoms with Gasteiger partial charge in [-0.25, -0.2) is 24.9 Å². The highest BCUT2D eigenvalue weighted by molar-refractivity contribution is 5.69. The van der Waals surface area contributed by atoms with Gasteiger partial charge < -0.3 is 45.3 Å². The van der Waals surface area contributed by atoms with Crippen LogP contribution in [0.3, 0.4) is 0 Å². The number of fused-ring (bicyclic) bond motifs is 9. The molecule has 3 N–H and O–H groups in total. The van der Waals surface area contributed by atoms with Crippen molar-refractivity contribution in [2.45, 2.75) is 172 Å². The summed E-state index contributed by atoms with van der Waals surface area (Å²) in [7, 11) is 2.16. The first kappa shape index (κ1) is 63.4. The average molecular weight is 1320 g/mol. The molecule has 5 aliphatic heterocycles. The van der Waals surface area contributed by atoms with Gasteiger partial charge in [-0.1, -0.05) is 59.3 Å². The Bertz CT molecular complexity index is 4130. The van der Waals surface area contributed by atoms with Crippen LogP contribution in [0.4, 0.5) is 77.0 Å². The third-order valence-corrected chi connectivity index (χ3v) is 20.4. The maximum atomic E-state index is 12.8. The van der Waals surface area contributed by atoms with E-state index in [1.54, 1.807) is 25.2 Å². The number of hydrogen-bond donors (Lipinski definition) is 3.